The van der Waals surface area contributed by atoms with Gasteiger partial charge in [0.15, 0.2) is 5.16 Å². The van der Waals surface area contributed by atoms with Gasteiger partial charge in [0, 0.05) is 23.2 Å². The maximum atomic E-state index is 11.3. The molecule has 2 unspecified atom stereocenters. The molecule has 2 aromatic heterocycles. The molecule has 0 spiro atoms. The van der Waals surface area contributed by atoms with Gasteiger partial charge in [0.05, 0.1) is 9.59 Å². The minimum atomic E-state index is -0.162. The van der Waals surface area contributed by atoms with Crippen molar-refractivity contribution < 1.29 is 0 Å². The fraction of sp³-hybridized carbons (Fsp3) is 0.333. The molecule has 0 radical (unpaired) electrons. The summed E-state index contributed by atoms with van der Waals surface area (Å²) in [6.07, 6.45) is 2.33. The number of aromatic amines is 1. The van der Waals surface area contributed by atoms with E-state index in [1.165, 1.54) is 35.4 Å². The van der Waals surface area contributed by atoms with E-state index in [1.54, 1.807) is 0 Å². The highest BCUT2D eigenvalue weighted by Crippen LogP contribution is 2.40. The van der Waals surface area contributed by atoms with Crippen molar-refractivity contribution in [3.05, 3.63) is 44.0 Å². The van der Waals surface area contributed by atoms with Crippen LogP contribution in [0.25, 0.3) is 0 Å². The summed E-state index contributed by atoms with van der Waals surface area (Å²) in [6, 6.07) is 5.20. The van der Waals surface area contributed by atoms with Gasteiger partial charge in [-0.3, -0.25) is 4.79 Å². The van der Waals surface area contributed by atoms with Gasteiger partial charge >= 0.3 is 0 Å². The summed E-state index contributed by atoms with van der Waals surface area (Å²) < 4.78 is 0.735. The van der Waals surface area contributed by atoms with Crippen LogP contribution in [0.5, 0.6) is 0 Å². The average Bonchev–Trinajstić information content (AvgIpc) is 2.81. The van der Waals surface area contributed by atoms with Crippen LogP contribution in [0.15, 0.2) is 34.3 Å². The van der Waals surface area contributed by atoms with Gasteiger partial charge in [-0.05, 0) is 18.6 Å². The Morgan fingerprint density at radius 1 is 1.53 bits per heavy atom. The van der Waals surface area contributed by atoms with Crippen LogP contribution in [0.3, 0.4) is 0 Å². The molecule has 0 fully saturated rings. The summed E-state index contributed by atoms with van der Waals surface area (Å²) in [4.78, 5) is 19.2. The van der Waals surface area contributed by atoms with E-state index < -0.39 is 0 Å². The number of thiophene rings is 1. The number of H-pyrrole nitrogens is 1. The number of nitrogens with one attached hydrogen (secondary N) is 1. The first-order chi connectivity index (χ1) is 9.10. The van der Waals surface area contributed by atoms with E-state index in [0.717, 1.165) is 15.6 Å². The number of halogens is 1. The number of aromatic nitrogens is 2. The third-order valence-electron chi connectivity index (χ3n) is 2.62. The zero-order valence-electron chi connectivity index (χ0n) is 10.3. The average molecular weight is 316 g/mol. The van der Waals surface area contributed by atoms with Crippen LogP contribution in [0.2, 0.25) is 4.34 Å². The highest BCUT2D eigenvalue weighted by atomic mass is 35.5. The highest BCUT2D eigenvalue weighted by molar-refractivity contribution is 7.99. The van der Waals surface area contributed by atoms with Gasteiger partial charge in [0.1, 0.15) is 0 Å². The first kappa shape index (κ1) is 14.6. The standard InChI is InChI=1S/C12H14ClN3OS2/c1-2-7(14)11(8-3-4-9(13)18-8)19-12-15-6-5-10(17)16-12/h3-7,11H,2,14H2,1H3,(H,15,16,17). The summed E-state index contributed by atoms with van der Waals surface area (Å²) in [7, 11) is 0. The van der Waals surface area contributed by atoms with Crippen molar-refractivity contribution in [2.75, 3.05) is 0 Å². The molecule has 2 rings (SSSR count). The number of nitrogens with zero attached hydrogens (tertiary/aromatic N) is 1. The summed E-state index contributed by atoms with van der Waals surface area (Å²) in [5.41, 5.74) is 6.01. The predicted molar refractivity (Wildman–Crippen MR) is 81.1 cm³/mol. The van der Waals surface area contributed by atoms with Gasteiger partial charge in [-0.25, -0.2) is 4.98 Å². The van der Waals surface area contributed by atoms with E-state index in [0.29, 0.717) is 5.16 Å². The van der Waals surface area contributed by atoms with Gasteiger partial charge < -0.3 is 10.7 Å². The van der Waals surface area contributed by atoms with Crippen LogP contribution >= 0.6 is 34.7 Å². The van der Waals surface area contributed by atoms with Crippen LogP contribution in [0.1, 0.15) is 23.5 Å². The van der Waals surface area contributed by atoms with Gasteiger partial charge in [-0.15, -0.1) is 11.3 Å². The highest BCUT2D eigenvalue weighted by Gasteiger charge is 2.22. The molecule has 7 heteroatoms. The molecule has 0 bridgehead atoms. The number of thioether (sulfide) groups is 1. The second-order valence-corrected chi connectivity index (χ2v) is 6.87. The molecule has 0 amide bonds. The molecule has 19 heavy (non-hydrogen) atoms. The van der Waals surface area contributed by atoms with E-state index in [-0.39, 0.29) is 16.9 Å². The van der Waals surface area contributed by atoms with Gasteiger partial charge in [-0.2, -0.15) is 0 Å². The van der Waals surface area contributed by atoms with E-state index in [1.807, 2.05) is 19.1 Å². The minimum Gasteiger partial charge on any atom is -0.326 e. The molecule has 0 aliphatic heterocycles. The monoisotopic (exact) mass is 315 g/mol. The van der Waals surface area contributed by atoms with Crippen LogP contribution in [0.4, 0.5) is 0 Å². The SMILES string of the molecule is CCC(N)C(Sc1nccc(=O)[nH]1)c1ccc(Cl)s1. The molecule has 4 nitrogen and oxygen atoms in total. The molecule has 0 aliphatic carbocycles. The number of hydrogen-bond acceptors (Lipinski definition) is 5. The second-order valence-electron chi connectivity index (χ2n) is 3.99. The zero-order chi connectivity index (χ0) is 13.8. The fourth-order valence-electron chi connectivity index (χ4n) is 1.58. The van der Waals surface area contributed by atoms with Crippen LogP contribution in [-0.4, -0.2) is 16.0 Å². The van der Waals surface area contributed by atoms with E-state index in [9.17, 15) is 4.79 Å². The molecule has 3 N–H and O–H groups in total. The first-order valence-electron chi connectivity index (χ1n) is 5.83. The Labute approximate surface area is 124 Å². The lowest BCUT2D eigenvalue weighted by atomic mass is 10.1. The molecular weight excluding hydrogens is 302 g/mol. The summed E-state index contributed by atoms with van der Waals surface area (Å²) >= 11 is 8.95. The van der Waals surface area contributed by atoms with E-state index in [2.05, 4.69) is 9.97 Å². The van der Waals surface area contributed by atoms with Crippen molar-refractivity contribution in [3.8, 4) is 0 Å². The number of rotatable bonds is 5. The molecule has 0 saturated heterocycles. The van der Waals surface area contributed by atoms with Crippen molar-refractivity contribution >= 4 is 34.7 Å². The van der Waals surface area contributed by atoms with Crippen LogP contribution in [-0.2, 0) is 0 Å². The molecule has 2 aromatic rings. The van der Waals surface area contributed by atoms with Gasteiger partial charge in [0.2, 0.25) is 0 Å². The maximum Gasteiger partial charge on any atom is 0.251 e. The fourth-order valence-corrected chi connectivity index (χ4v) is 4.07. The normalized spacial score (nSPS) is 14.3. The van der Waals surface area contributed by atoms with E-state index >= 15 is 0 Å². The lowest BCUT2D eigenvalue weighted by molar-refractivity contribution is 0.638. The van der Waals surface area contributed by atoms with Crippen molar-refractivity contribution in [1.82, 2.24) is 9.97 Å². The Balaban J connectivity index is 2.26. The van der Waals surface area contributed by atoms with Crippen molar-refractivity contribution in [2.24, 2.45) is 5.73 Å². The Kier molecular flexibility index (Phi) is 5.04. The number of hydrogen-bond donors (Lipinski definition) is 2. The molecule has 2 atom stereocenters. The topological polar surface area (TPSA) is 71.8 Å². The number of nitrogens with two attached hydrogens (primary N) is 1. The second kappa shape index (κ2) is 6.56. The molecular formula is C12H14ClN3OS2. The quantitative estimate of drug-likeness (QED) is 0.657. The Hall–Kier alpha value is -0.820. The summed E-state index contributed by atoms with van der Waals surface area (Å²) in [6.45, 7) is 2.04. The predicted octanol–water partition coefficient (Wildman–Crippen LogP) is 3.06. The van der Waals surface area contributed by atoms with Crippen molar-refractivity contribution in [1.29, 1.82) is 0 Å². The molecule has 0 aromatic carbocycles. The lowest BCUT2D eigenvalue weighted by Crippen LogP contribution is -2.25. The molecule has 102 valence electrons. The van der Waals surface area contributed by atoms with Crippen LogP contribution in [0, 0.1) is 0 Å². The largest absolute Gasteiger partial charge is 0.326 e. The van der Waals surface area contributed by atoms with Gasteiger partial charge in [-0.1, -0.05) is 30.3 Å². The molecule has 2 heterocycles. The lowest BCUT2D eigenvalue weighted by Gasteiger charge is -2.20. The Morgan fingerprint density at radius 3 is 2.89 bits per heavy atom. The first-order valence-corrected chi connectivity index (χ1v) is 7.90. The smallest absolute Gasteiger partial charge is 0.251 e. The summed E-state index contributed by atoms with van der Waals surface area (Å²) in [5, 5.41) is 0.610. The Bertz CT molecular complexity index is 598. The van der Waals surface area contributed by atoms with Crippen molar-refractivity contribution in [2.45, 2.75) is 29.8 Å². The minimum absolute atomic E-state index is 0.0229. The van der Waals surface area contributed by atoms with E-state index in [4.69, 9.17) is 17.3 Å². The third-order valence-corrected chi connectivity index (χ3v) is 5.37. The molecule has 0 aliphatic rings. The zero-order valence-corrected chi connectivity index (χ0v) is 12.7. The maximum absolute atomic E-state index is 11.3. The van der Waals surface area contributed by atoms with Crippen LogP contribution < -0.4 is 11.3 Å². The summed E-state index contributed by atoms with van der Waals surface area (Å²) in [5.74, 6) is 0. The molecule has 0 saturated carbocycles. The van der Waals surface area contributed by atoms with Gasteiger partial charge in [0.25, 0.3) is 5.56 Å². The third kappa shape index (κ3) is 3.82. The van der Waals surface area contributed by atoms with Crippen molar-refractivity contribution in [3.63, 3.8) is 0 Å². The Morgan fingerprint density at radius 2 is 2.32 bits per heavy atom.